The van der Waals surface area contributed by atoms with Gasteiger partial charge in [-0.3, -0.25) is 4.79 Å². The lowest BCUT2D eigenvalue weighted by molar-refractivity contribution is -0.116. The van der Waals surface area contributed by atoms with E-state index in [9.17, 15) is 4.79 Å². The van der Waals surface area contributed by atoms with Crippen LogP contribution in [0.5, 0.6) is 0 Å². The van der Waals surface area contributed by atoms with E-state index in [2.05, 4.69) is 19.2 Å². The summed E-state index contributed by atoms with van der Waals surface area (Å²) < 4.78 is 0. The molecule has 0 aliphatic carbocycles. The van der Waals surface area contributed by atoms with E-state index in [0.717, 1.165) is 5.69 Å². The average molecular weight is 207 g/mol. The number of benzene rings is 1. The first-order valence-electron chi connectivity index (χ1n) is 5.14. The molecule has 3 nitrogen and oxygen atoms in total. The minimum absolute atomic E-state index is 0.115. The van der Waals surface area contributed by atoms with Gasteiger partial charge in [-0.2, -0.15) is 0 Å². The quantitative estimate of drug-likeness (QED) is 0.794. The van der Waals surface area contributed by atoms with Crippen molar-refractivity contribution in [1.82, 2.24) is 0 Å². The topological polar surface area (TPSA) is 49.3 Å². The molecule has 2 N–H and O–H groups in total. The summed E-state index contributed by atoms with van der Waals surface area (Å²) >= 11 is 0. The zero-order chi connectivity index (χ0) is 11.3. The third-order valence-corrected chi connectivity index (χ3v) is 2.18. The molecular formula is C12H17NO2. The summed E-state index contributed by atoms with van der Waals surface area (Å²) in [6.45, 7) is 4.10. The van der Waals surface area contributed by atoms with Crippen molar-refractivity contribution in [3.8, 4) is 0 Å². The van der Waals surface area contributed by atoms with Gasteiger partial charge < -0.3 is 10.4 Å². The van der Waals surface area contributed by atoms with Crippen molar-refractivity contribution in [2.24, 2.45) is 0 Å². The van der Waals surface area contributed by atoms with Crippen molar-refractivity contribution in [3.05, 3.63) is 29.8 Å². The van der Waals surface area contributed by atoms with Crippen LogP contribution in [0.4, 0.5) is 5.69 Å². The third-order valence-electron chi connectivity index (χ3n) is 2.18. The van der Waals surface area contributed by atoms with E-state index >= 15 is 0 Å². The predicted octanol–water partition coefficient (Wildman–Crippen LogP) is 2.13. The lowest BCUT2D eigenvalue weighted by Crippen LogP contribution is -2.12. The van der Waals surface area contributed by atoms with Crippen LogP contribution >= 0.6 is 0 Å². The van der Waals surface area contributed by atoms with Crippen molar-refractivity contribution < 1.29 is 9.90 Å². The number of aliphatic hydroxyl groups excluding tert-OH is 1. The second-order valence-electron chi connectivity index (χ2n) is 3.80. The van der Waals surface area contributed by atoms with E-state index in [1.807, 2.05) is 24.3 Å². The minimum Gasteiger partial charge on any atom is -0.396 e. The Hall–Kier alpha value is -1.35. The number of hydrogen-bond donors (Lipinski definition) is 2. The van der Waals surface area contributed by atoms with Crippen molar-refractivity contribution in [1.29, 1.82) is 0 Å². The van der Waals surface area contributed by atoms with Crippen molar-refractivity contribution in [3.63, 3.8) is 0 Å². The Kier molecular flexibility index (Phi) is 4.31. The number of nitrogens with one attached hydrogen (secondary N) is 1. The Morgan fingerprint density at radius 1 is 1.47 bits per heavy atom. The number of anilines is 1. The highest BCUT2D eigenvalue weighted by atomic mass is 16.3. The first kappa shape index (κ1) is 11.7. The summed E-state index contributed by atoms with van der Waals surface area (Å²) in [6.07, 6.45) is 0.145. The second kappa shape index (κ2) is 5.51. The molecule has 0 unspecified atom stereocenters. The Morgan fingerprint density at radius 2 is 2.20 bits per heavy atom. The highest BCUT2D eigenvalue weighted by Gasteiger charge is 2.03. The maximum absolute atomic E-state index is 11.2. The summed E-state index contributed by atoms with van der Waals surface area (Å²) in [4.78, 5) is 11.2. The molecule has 82 valence electrons. The summed E-state index contributed by atoms with van der Waals surface area (Å²) in [5, 5.41) is 11.3. The number of aliphatic hydroxyl groups is 1. The fourth-order valence-electron chi connectivity index (χ4n) is 1.30. The molecule has 1 aromatic rings. The van der Waals surface area contributed by atoms with Gasteiger partial charge in [-0.1, -0.05) is 26.0 Å². The molecule has 0 heterocycles. The Balaban J connectivity index is 2.69. The summed E-state index contributed by atoms with van der Waals surface area (Å²) in [5.74, 6) is 0.290. The van der Waals surface area contributed by atoms with Gasteiger partial charge in [0, 0.05) is 5.69 Å². The highest BCUT2D eigenvalue weighted by molar-refractivity contribution is 5.90. The number of hydrogen-bond acceptors (Lipinski definition) is 2. The predicted molar refractivity (Wildman–Crippen MR) is 60.9 cm³/mol. The summed E-state index contributed by atoms with van der Waals surface area (Å²) in [6, 6.07) is 7.76. The zero-order valence-corrected chi connectivity index (χ0v) is 9.16. The lowest BCUT2D eigenvalue weighted by atomic mass is 10.0. The van der Waals surface area contributed by atoms with E-state index < -0.39 is 0 Å². The SMILES string of the molecule is CC(C)c1cccc(NC(=O)CCO)c1. The molecule has 0 spiro atoms. The molecule has 15 heavy (non-hydrogen) atoms. The normalized spacial score (nSPS) is 10.4. The van der Waals surface area contributed by atoms with Gasteiger partial charge in [0.2, 0.25) is 5.91 Å². The Bertz CT molecular complexity index is 334. The van der Waals surface area contributed by atoms with Crippen LogP contribution in [0.2, 0.25) is 0 Å². The van der Waals surface area contributed by atoms with Crippen LogP contribution in [-0.2, 0) is 4.79 Å². The number of rotatable bonds is 4. The van der Waals surface area contributed by atoms with Crippen LogP contribution in [0.3, 0.4) is 0 Å². The van der Waals surface area contributed by atoms with Crippen LogP contribution in [0.15, 0.2) is 24.3 Å². The standard InChI is InChI=1S/C12H17NO2/c1-9(2)10-4-3-5-11(8-10)13-12(15)6-7-14/h3-5,8-9,14H,6-7H2,1-2H3,(H,13,15). The van der Waals surface area contributed by atoms with Gasteiger partial charge in [0.25, 0.3) is 0 Å². The van der Waals surface area contributed by atoms with Crippen LogP contribution in [0.25, 0.3) is 0 Å². The molecule has 0 atom stereocenters. The van der Waals surface area contributed by atoms with Crippen LogP contribution in [0.1, 0.15) is 31.7 Å². The van der Waals surface area contributed by atoms with Gasteiger partial charge in [0.1, 0.15) is 0 Å². The average Bonchev–Trinajstić information content (AvgIpc) is 2.18. The Labute approximate surface area is 90.1 Å². The van der Waals surface area contributed by atoms with Crippen LogP contribution in [0, 0.1) is 0 Å². The number of carbonyl (C=O) groups is 1. The van der Waals surface area contributed by atoms with Gasteiger partial charge in [-0.05, 0) is 23.6 Å². The molecule has 0 aromatic heterocycles. The van der Waals surface area contributed by atoms with E-state index in [-0.39, 0.29) is 18.9 Å². The van der Waals surface area contributed by atoms with Gasteiger partial charge in [0.15, 0.2) is 0 Å². The molecule has 0 aliphatic heterocycles. The molecule has 1 rings (SSSR count). The fraction of sp³-hybridized carbons (Fsp3) is 0.417. The van der Waals surface area contributed by atoms with Gasteiger partial charge >= 0.3 is 0 Å². The minimum atomic E-state index is -0.154. The molecule has 0 radical (unpaired) electrons. The molecule has 0 bridgehead atoms. The molecule has 0 saturated carbocycles. The van der Waals surface area contributed by atoms with Crippen molar-refractivity contribution in [2.45, 2.75) is 26.2 Å². The smallest absolute Gasteiger partial charge is 0.226 e. The Morgan fingerprint density at radius 3 is 2.80 bits per heavy atom. The van der Waals surface area contributed by atoms with Crippen LogP contribution < -0.4 is 5.32 Å². The van der Waals surface area contributed by atoms with Gasteiger partial charge in [-0.15, -0.1) is 0 Å². The lowest BCUT2D eigenvalue weighted by Gasteiger charge is -2.08. The first-order valence-corrected chi connectivity index (χ1v) is 5.14. The van der Waals surface area contributed by atoms with Crippen molar-refractivity contribution in [2.75, 3.05) is 11.9 Å². The van der Waals surface area contributed by atoms with E-state index in [1.54, 1.807) is 0 Å². The molecule has 3 heteroatoms. The van der Waals surface area contributed by atoms with E-state index in [4.69, 9.17) is 5.11 Å². The summed E-state index contributed by atoms with van der Waals surface area (Å²) in [7, 11) is 0. The molecular weight excluding hydrogens is 190 g/mol. The number of amides is 1. The van der Waals surface area contributed by atoms with Crippen LogP contribution in [-0.4, -0.2) is 17.6 Å². The third kappa shape index (κ3) is 3.72. The molecule has 0 aliphatic rings. The van der Waals surface area contributed by atoms with Gasteiger partial charge in [0.05, 0.1) is 13.0 Å². The van der Waals surface area contributed by atoms with Gasteiger partial charge in [-0.25, -0.2) is 0 Å². The molecule has 0 saturated heterocycles. The molecule has 1 aromatic carbocycles. The molecule has 0 fully saturated rings. The summed E-state index contributed by atoms with van der Waals surface area (Å²) in [5.41, 5.74) is 1.98. The van der Waals surface area contributed by atoms with E-state index in [0.29, 0.717) is 5.92 Å². The maximum atomic E-state index is 11.2. The van der Waals surface area contributed by atoms with E-state index in [1.165, 1.54) is 5.56 Å². The molecule has 1 amide bonds. The maximum Gasteiger partial charge on any atom is 0.226 e. The number of carbonyl (C=O) groups excluding carboxylic acids is 1. The first-order chi connectivity index (χ1) is 7.13. The fourth-order valence-corrected chi connectivity index (χ4v) is 1.30. The monoisotopic (exact) mass is 207 g/mol. The second-order valence-corrected chi connectivity index (χ2v) is 3.80. The largest absolute Gasteiger partial charge is 0.396 e. The zero-order valence-electron chi connectivity index (χ0n) is 9.16. The highest BCUT2D eigenvalue weighted by Crippen LogP contribution is 2.18. The van der Waals surface area contributed by atoms with Crippen molar-refractivity contribution >= 4 is 11.6 Å².